The van der Waals surface area contributed by atoms with Crippen LogP contribution in [-0.4, -0.2) is 55.8 Å². The van der Waals surface area contributed by atoms with Crippen LogP contribution in [0.1, 0.15) is 27.2 Å². The highest BCUT2D eigenvalue weighted by molar-refractivity contribution is 7.86. The van der Waals surface area contributed by atoms with Crippen molar-refractivity contribution in [3.05, 3.63) is 0 Å². The molecule has 0 saturated heterocycles. The predicted octanol–water partition coefficient (Wildman–Crippen LogP) is 2.27. The average molecular weight is 311 g/mol. The molecule has 9 heteroatoms. The van der Waals surface area contributed by atoms with Gasteiger partial charge in [-0.2, -0.15) is 13.2 Å². The molecule has 19 heavy (non-hydrogen) atoms. The molecule has 0 aliphatic carbocycles. The first-order chi connectivity index (χ1) is 8.49. The summed E-state index contributed by atoms with van der Waals surface area (Å²) in [4.78, 5) is 0. The number of rotatable bonds is 6. The maximum atomic E-state index is 11.9. The molecule has 0 aromatic carbocycles. The molecule has 0 radical (unpaired) electrons. The van der Waals surface area contributed by atoms with Crippen molar-refractivity contribution >= 4 is 10.1 Å². The van der Waals surface area contributed by atoms with Gasteiger partial charge in [0.25, 0.3) is 0 Å². The molecule has 0 fully saturated rings. The van der Waals surface area contributed by atoms with Crippen LogP contribution in [0.15, 0.2) is 0 Å². The highest BCUT2D eigenvalue weighted by Gasteiger charge is 2.36. The van der Waals surface area contributed by atoms with Crippen LogP contribution in [0.25, 0.3) is 0 Å². The second-order valence-corrected chi connectivity index (χ2v) is 5.33. The van der Waals surface area contributed by atoms with Gasteiger partial charge in [-0.3, -0.25) is 4.39 Å². The van der Waals surface area contributed by atoms with E-state index in [1.54, 1.807) is 0 Å². The standard InChI is InChI=1S/C9H21FN.CHF3O3S/c1-4-11(5-2,6-3)9-7-8-10;2-1(3,4)8(5,6)7/h4-9H2,1-3H3;(H,5,6,7)/q+1;/p-1. The molecule has 0 unspecified atom stereocenters. The van der Waals surface area contributed by atoms with Crippen molar-refractivity contribution in [2.45, 2.75) is 32.7 Å². The Morgan fingerprint density at radius 1 is 1.05 bits per heavy atom. The molecule has 0 aliphatic rings. The lowest BCUT2D eigenvalue weighted by Crippen LogP contribution is -2.48. The van der Waals surface area contributed by atoms with E-state index in [4.69, 9.17) is 13.0 Å². The van der Waals surface area contributed by atoms with E-state index in [9.17, 15) is 17.6 Å². The Bertz CT molecular complexity index is 318. The Kier molecular flexibility index (Phi) is 9.57. The summed E-state index contributed by atoms with van der Waals surface area (Å²) < 4.78 is 71.9. The van der Waals surface area contributed by atoms with Gasteiger partial charge in [-0.15, -0.1) is 0 Å². The molecule has 118 valence electrons. The number of nitrogens with zero attached hydrogens (tertiary/aromatic N) is 1. The first-order valence-corrected chi connectivity index (χ1v) is 7.33. The zero-order chi connectivity index (χ0) is 15.7. The highest BCUT2D eigenvalue weighted by atomic mass is 32.2. The van der Waals surface area contributed by atoms with Crippen molar-refractivity contribution in [3.8, 4) is 0 Å². The van der Waals surface area contributed by atoms with Crippen LogP contribution in [0.3, 0.4) is 0 Å². The molecular weight excluding hydrogens is 290 g/mol. The largest absolute Gasteiger partial charge is 0.741 e. The van der Waals surface area contributed by atoms with Gasteiger partial charge in [-0.1, -0.05) is 0 Å². The zero-order valence-corrected chi connectivity index (χ0v) is 12.2. The molecule has 0 aliphatic heterocycles. The lowest BCUT2D eigenvalue weighted by molar-refractivity contribution is -0.923. The molecule has 4 nitrogen and oxygen atoms in total. The van der Waals surface area contributed by atoms with E-state index in [1.165, 1.54) is 0 Å². The van der Waals surface area contributed by atoms with E-state index in [0.717, 1.165) is 37.1 Å². The van der Waals surface area contributed by atoms with Crippen LogP contribution < -0.4 is 0 Å². The number of quaternary nitrogens is 1. The Morgan fingerprint density at radius 2 is 1.37 bits per heavy atom. The van der Waals surface area contributed by atoms with Gasteiger partial charge >= 0.3 is 5.51 Å². The normalized spacial score (nSPS) is 12.8. The topological polar surface area (TPSA) is 57.2 Å². The van der Waals surface area contributed by atoms with Crippen molar-refractivity contribution in [1.29, 1.82) is 0 Å². The molecule has 0 atom stereocenters. The Hall–Kier alpha value is -0.410. The molecule has 0 N–H and O–H groups in total. The zero-order valence-electron chi connectivity index (χ0n) is 11.3. The second-order valence-electron chi connectivity index (χ2n) is 3.96. The van der Waals surface area contributed by atoms with Gasteiger partial charge in [0, 0.05) is 6.42 Å². The molecule has 0 spiro atoms. The van der Waals surface area contributed by atoms with Crippen LogP contribution in [0.2, 0.25) is 0 Å². The summed E-state index contributed by atoms with van der Waals surface area (Å²) >= 11 is 0. The predicted molar refractivity (Wildman–Crippen MR) is 63.1 cm³/mol. The minimum atomic E-state index is -6.09. The third kappa shape index (κ3) is 8.38. The summed E-state index contributed by atoms with van der Waals surface area (Å²) in [6.45, 7) is 10.8. The Balaban J connectivity index is 0. The SMILES string of the molecule is CC[N+](CC)(CC)CCCF.O=S(=O)([O-])C(F)(F)F. The minimum absolute atomic E-state index is 0.167. The van der Waals surface area contributed by atoms with Crippen molar-refractivity contribution < 1.29 is 35.0 Å². The van der Waals surface area contributed by atoms with Crippen molar-refractivity contribution in [3.63, 3.8) is 0 Å². The van der Waals surface area contributed by atoms with E-state index in [0.29, 0.717) is 0 Å². The summed E-state index contributed by atoms with van der Waals surface area (Å²) in [5.74, 6) is 0. The van der Waals surface area contributed by atoms with Gasteiger partial charge in [-0.05, 0) is 20.8 Å². The smallest absolute Gasteiger partial charge is 0.485 e. The van der Waals surface area contributed by atoms with Crippen LogP contribution in [0.4, 0.5) is 17.6 Å². The van der Waals surface area contributed by atoms with E-state index >= 15 is 0 Å². The summed E-state index contributed by atoms with van der Waals surface area (Å²) in [5.41, 5.74) is -5.65. The quantitative estimate of drug-likeness (QED) is 0.327. The molecular formula is C10H21F4NO3S. The molecule has 0 saturated carbocycles. The van der Waals surface area contributed by atoms with Gasteiger partial charge in [0.2, 0.25) is 0 Å². The number of hydrogen-bond acceptors (Lipinski definition) is 3. The van der Waals surface area contributed by atoms with Gasteiger partial charge in [0.05, 0.1) is 32.9 Å². The highest BCUT2D eigenvalue weighted by Crippen LogP contribution is 2.20. The fourth-order valence-electron chi connectivity index (χ4n) is 1.54. The van der Waals surface area contributed by atoms with Crippen molar-refractivity contribution in [2.24, 2.45) is 0 Å². The minimum Gasteiger partial charge on any atom is -0.741 e. The van der Waals surface area contributed by atoms with Crippen molar-refractivity contribution in [2.75, 3.05) is 32.9 Å². The first-order valence-electron chi connectivity index (χ1n) is 5.92. The van der Waals surface area contributed by atoms with Crippen LogP contribution in [0.5, 0.6) is 0 Å². The molecule has 0 heterocycles. The Morgan fingerprint density at radius 3 is 1.53 bits per heavy atom. The van der Waals surface area contributed by atoms with Crippen LogP contribution >= 0.6 is 0 Å². The lowest BCUT2D eigenvalue weighted by Gasteiger charge is -2.35. The molecule has 0 aromatic heterocycles. The van der Waals surface area contributed by atoms with E-state index in [1.807, 2.05) is 0 Å². The maximum Gasteiger partial charge on any atom is 0.485 e. The lowest BCUT2D eigenvalue weighted by atomic mass is 10.3. The summed E-state index contributed by atoms with van der Waals surface area (Å²) in [7, 11) is -6.09. The van der Waals surface area contributed by atoms with Crippen LogP contribution in [0, 0.1) is 0 Å². The maximum absolute atomic E-state index is 11.9. The van der Waals surface area contributed by atoms with Gasteiger partial charge < -0.3 is 9.04 Å². The number of alkyl halides is 4. The fraction of sp³-hybridized carbons (Fsp3) is 1.00. The van der Waals surface area contributed by atoms with E-state index < -0.39 is 15.6 Å². The second kappa shape index (κ2) is 8.70. The third-order valence-corrected chi connectivity index (χ3v) is 3.63. The molecule has 0 aromatic rings. The number of hydrogen-bond donors (Lipinski definition) is 0. The van der Waals surface area contributed by atoms with Gasteiger partial charge in [-0.25, -0.2) is 8.42 Å². The molecule has 0 amide bonds. The molecule has 0 bridgehead atoms. The summed E-state index contributed by atoms with van der Waals surface area (Å²) in [6, 6.07) is 0. The van der Waals surface area contributed by atoms with E-state index in [2.05, 4.69) is 20.8 Å². The Labute approximate surface area is 111 Å². The summed E-state index contributed by atoms with van der Waals surface area (Å²) in [6.07, 6.45) is 0.718. The number of halogens is 4. The third-order valence-electron chi connectivity index (χ3n) is 3.06. The average Bonchev–Trinajstić information content (AvgIpc) is 2.30. The van der Waals surface area contributed by atoms with Gasteiger partial charge in [0.15, 0.2) is 10.1 Å². The van der Waals surface area contributed by atoms with Gasteiger partial charge in [0.1, 0.15) is 0 Å². The van der Waals surface area contributed by atoms with Crippen LogP contribution in [-0.2, 0) is 10.1 Å². The molecule has 0 rings (SSSR count). The fourth-order valence-corrected chi connectivity index (χ4v) is 1.54. The first kappa shape index (κ1) is 20.9. The monoisotopic (exact) mass is 311 g/mol. The van der Waals surface area contributed by atoms with E-state index in [-0.39, 0.29) is 6.67 Å². The summed E-state index contributed by atoms with van der Waals surface area (Å²) in [5, 5.41) is 0. The van der Waals surface area contributed by atoms with Crippen molar-refractivity contribution in [1.82, 2.24) is 0 Å².